The molecule has 5 nitrogen and oxygen atoms in total. The molecule has 2 rings (SSSR count). The Bertz CT molecular complexity index is 681. The summed E-state index contributed by atoms with van der Waals surface area (Å²) in [7, 11) is 0. The molecule has 0 aromatic heterocycles. The SMILES string of the molecule is Nc1cc(Br)cc(C(=O)Nc2cccc(CC(=O)O)c2)c1. The van der Waals surface area contributed by atoms with Crippen molar-refractivity contribution in [3.8, 4) is 0 Å². The summed E-state index contributed by atoms with van der Waals surface area (Å²) in [6.45, 7) is 0. The lowest BCUT2D eigenvalue weighted by molar-refractivity contribution is -0.136. The highest BCUT2D eigenvalue weighted by molar-refractivity contribution is 9.10. The molecule has 0 unspecified atom stereocenters. The van der Waals surface area contributed by atoms with Crippen molar-refractivity contribution in [1.82, 2.24) is 0 Å². The third kappa shape index (κ3) is 4.32. The number of carboxylic acids is 1. The van der Waals surface area contributed by atoms with Gasteiger partial charge in [-0.1, -0.05) is 28.1 Å². The lowest BCUT2D eigenvalue weighted by atomic mass is 10.1. The van der Waals surface area contributed by atoms with Gasteiger partial charge in [0.25, 0.3) is 5.91 Å². The molecule has 2 aromatic carbocycles. The molecule has 4 N–H and O–H groups in total. The van der Waals surface area contributed by atoms with E-state index >= 15 is 0 Å². The van der Waals surface area contributed by atoms with Crippen molar-refractivity contribution in [1.29, 1.82) is 0 Å². The number of hydrogen-bond donors (Lipinski definition) is 3. The molecule has 0 aliphatic rings. The Hall–Kier alpha value is -2.34. The number of amides is 1. The van der Waals surface area contributed by atoms with Crippen molar-refractivity contribution < 1.29 is 14.7 Å². The van der Waals surface area contributed by atoms with Gasteiger partial charge in [-0.05, 0) is 35.9 Å². The number of anilines is 2. The lowest BCUT2D eigenvalue weighted by Gasteiger charge is -2.08. The quantitative estimate of drug-likeness (QED) is 0.740. The minimum Gasteiger partial charge on any atom is -0.481 e. The van der Waals surface area contributed by atoms with E-state index < -0.39 is 5.97 Å². The highest BCUT2D eigenvalue weighted by Crippen LogP contribution is 2.19. The van der Waals surface area contributed by atoms with Gasteiger partial charge in [-0.25, -0.2) is 0 Å². The van der Waals surface area contributed by atoms with Crippen LogP contribution >= 0.6 is 15.9 Å². The van der Waals surface area contributed by atoms with E-state index in [2.05, 4.69) is 21.2 Å². The molecule has 0 bridgehead atoms. The normalized spacial score (nSPS) is 10.1. The summed E-state index contributed by atoms with van der Waals surface area (Å²) in [5, 5.41) is 11.5. The Morgan fingerprint density at radius 2 is 1.95 bits per heavy atom. The van der Waals surface area contributed by atoms with Gasteiger partial charge in [-0.15, -0.1) is 0 Å². The zero-order valence-corrected chi connectivity index (χ0v) is 12.6. The zero-order valence-electron chi connectivity index (χ0n) is 11.0. The number of carboxylic acid groups (broad SMARTS) is 1. The first-order valence-corrected chi connectivity index (χ1v) is 6.91. The standard InChI is InChI=1S/C15H13BrN2O3/c16-11-6-10(7-12(17)8-11)15(21)18-13-3-1-2-9(4-13)5-14(19)20/h1-4,6-8H,5,17H2,(H,18,21)(H,19,20). The van der Waals surface area contributed by atoms with Gasteiger partial charge in [0.2, 0.25) is 0 Å². The highest BCUT2D eigenvalue weighted by Gasteiger charge is 2.09. The van der Waals surface area contributed by atoms with Crippen LogP contribution in [-0.4, -0.2) is 17.0 Å². The second-order valence-electron chi connectivity index (χ2n) is 4.50. The van der Waals surface area contributed by atoms with Crippen LogP contribution < -0.4 is 11.1 Å². The summed E-state index contributed by atoms with van der Waals surface area (Å²) in [4.78, 5) is 22.8. The number of aliphatic carboxylic acids is 1. The van der Waals surface area contributed by atoms with Gasteiger partial charge in [-0.2, -0.15) is 0 Å². The lowest BCUT2D eigenvalue weighted by Crippen LogP contribution is -2.12. The summed E-state index contributed by atoms with van der Waals surface area (Å²) in [6, 6.07) is 11.7. The summed E-state index contributed by atoms with van der Waals surface area (Å²) < 4.78 is 0.715. The summed E-state index contributed by atoms with van der Waals surface area (Å²) in [5.41, 5.74) is 7.76. The van der Waals surface area contributed by atoms with Crippen LogP contribution in [0.25, 0.3) is 0 Å². The van der Waals surface area contributed by atoms with E-state index in [-0.39, 0.29) is 12.3 Å². The predicted molar refractivity (Wildman–Crippen MR) is 84.3 cm³/mol. The maximum Gasteiger partial charge on any atom is 0.307 e. The molecular weight excluding hydrogens is 336 g/mol. The molecule has 0 atom stereocenters. The van der Waals surface area contributed by atoms with Crippen molar-refractivity contribution in [2.45, 2.75) is 6.42 Å². The van der Waals surface area contributed by atoms with Crippen molar-refractivity contribution in [3.05, 3.63) is 58.1 Å². The van der Waals surface area contributed by atoms with Crippen molar-refractivity contribution in [3.63, 3.8) is 0 Å². The summed E-state index contributed by atoms with van der Waals surface area (Å²) >= 11 is 3.28. The van der Waals surface area contributed by atoms with Crippen LogP contribution in [0, 0.1) is 0 Å². The van der Waals surface area contributed by atoms with E-state index in [4.69, 9.17) is 10.8 Å². The van der Waals surface area contributed by atoms with E-state index in [1.807, 2.05) is 0 Å². The molecule has 108 valence electrons. The smallest absolute Gasteiger partial charge is 0.307 e. The second kappa shape index (κ2) is 6.41. The molecule has 0 heterocycles. The number of hydrogen-bond acceptors (Lipinski definition) is 3. The molecule has 6 heteroatoms. The minimum absolute atomic E-state index is 0.0897. The Morgan fingerprint density at radius 3 is 2.62 bits per heavy atom. The van der Waals surface area contributed by atoms with Gasteiger partial charge in [0.15, 0.2) is 0 Å². The van der Waals surface area contributed by atoms with Crippen LogP contribution in [-0.2, 0) is 11.2 Å². The van der Waals surface area contributed by atoms with Crippen molar-refractivity contribution >= 4 is 39.2 Å². The van der Waals surface area contributed by atoms with Gasteiger partial charge in [0.1, 0.15) is 0 Å². The molecule has 0 aliphatic heterocycles. The van der Waals surface area contributed by atoms with Gasteiger partial charge in [0.05, 0.1) is 6.42 Å². The maximum atomic E-state index is 12.1. The number of benzene rings is 2. The topological polar surface area (TPSA) is 92.4 Å². The molecule has 0 saturated carbocycles. The van der Waals surface area contributed by atoms with Crippen molar-refractivity contribution in [2.75, 3.05) is 11.1 Å². The molecule has 0 spiro atoms. The molecule has 0 aliphatic carbocycles. The third-order valence-corrected chi connectivity index (χ3v) is 3.18. The monoisotopic (exact) mass is 348 g/mol. The number of carbonyl (C=O) groups is 2. The molecule has 0 saturated heterocycles. The number of carbonyl (C=O) groups excluding carboxylic acids is 1. The number of rotatable bonds is 4. The molecule has 0 fully saturated rings. The number of nitrogens with one attached hydrogen (secondary N) is 1. The van der Waals surface area contributed by atoms with E-state index in [1.54, 1.807) is 42.5 Å². The Morgan fingerprint density at radius 1 is 1.19 bits per heavy atom. The van der Waals surface area contributed by atoms with Gasteiger partial charge in [-0.3, -0.25) is 9.59 Å². The van der Waals surface area contributed by atoms with Crippen LogP contribution in [0.2, 0.25) is 0 Å². The number of nitrogen functional groups attached to an aromatic ring is 1. The molecule has 21 heavy (non-hydrogen) atoms. The fourth-order valence-electron chi connectivity index (χ4n) is 1.88. The van der Waals surface area contributed by atoms with E-state index in [0.29, 0.717) is 27.0 Å². The van der Waals surface area contributed by atoms with Gasteiger partial charge >= 0.3 is 5.97 Å². The van der Waals surface area contributed by atoms with E-state index in [9.17, 15) is 9.59 Å². The molecule has 0 radical (unpaired) electrons. The number of halogens is 1. The van der Waals surface area contributed by atoms with E-state index in [0.717, 1.165) is 0 Å². The second-order valence-corrected chi connectivity index (χ2v) is 5.41. The number of nitrogens with two attached hydrogens (primary N) is 1. The average Bonchev–Trinajstić information content (AvgIpc) is 2.37. The Kier molecular flexibility index (Phi) is 4.59. The van der Waals surface area contributed by atoms with Gasteiger partial charge < -0.3 is 16.2 Å². The van der Waals surface area contributed by atoms with Crippen molar-refractivity contribution in [2.24, 2.45) is 0 Å². The zero-order chi connectivity index (χ0) is 15.4. The van der Waals surface area contributed by atoms with Crippen LogP contribution in [0.5, 0.6) is 0 Å². The van der Waals surface area contributed by atoms with Crippen LogP contribution in [0.15, 0.2) is 46.9 Å². The first-order chi connectivity index (χ1) is 9.94. The summed E-state index contributed by atoms with van der Waals surface area (Å²) in [5.74, 6) is -1.23. The maximum absolute atomic E-state index is 12.1. The highest BCUT2D eigenvalue weighted by atomic mass is 79.9. The van der Waals surface area contributed by atoms with Crippen LogP contribution in [0.4, 0.5) is 11.4 Å². The van der Waals surface area contributed by atoms with Crippen LogP contribution in [0.1, 0.15) is 15.9 Å². The Balaban J connectivity index is 2.17. The fraction of sp³-hybridized carbons (Fsp3) is 0.0667. The Labute approximate surface area is 129 Å². The first-order valence-electron chi connectivity index (χ1n) is 6.12. The minimum atomic E-state index is -0.918. The summed E-state index contributed by atoms with van der Waals surface area (Å²) in [6.07, 6.45) is -0.0897. The molecule has 2 aromatic rings. The average molecular weight is 349 g/mol. The predicted octanol–water partition coefficient (Wildman–Crippen LogP) is 2.91. The molecular formula is C15H13BrN2O3. The largest absolute Gasteiger partial charge is 0.481 e. The van der Waals surface area contributed by atoms with Crippen LogP contribution in [0.3, 0.4) is 0 Å². The third-order valence-electron chi connectivity index (χ3n) is 2.72. The van der Waals surface area contributed by atoms with E-state index in [1.165, 1.54) is 0 Å². The van der Waals surface area contributed by atoms with Gasteiger partial charge in [0, 0.05) is 21.4 Å². The molecule has 1 amide bonds. The fourth-order valence-corrected chi connectivity index (χ4v) is 2.39. The first kappa shape index (κ1) is 15.1.